The van der Waals surface area contributed by atoms with E-state index in [4.69, 9.17) is 9.47 Å². The van der Waals surface area contributed by atoms with Crippen molar-refractivity contribution in [2.24, 2.45) is 0 Å². The van der Waals surface area contributed by atoms with Crippen molar-refractivity contribution in [3.05, 3.63) is 52.3 Å². The number of rotatable bonds is 6. The summed E-state index contributed by atoms with van der Waals surface area (Å²) in [5.41, 5.74) is 2.88. The van der Waals surface area contributed by atoms with Crippen LogP contribution in [0.1, 0.15) is 33.7 Å². The predicted molar refractivity (Wildman–Crippen MR) is 99.3 cm³/mol. The molecule has 6 nitrogen and oxygen atoms in total. The largest absolute Gasteiger partial charge is 0.462 e. The van der Waals surface area contributed by atoms with E-state index in [1.165, 1.54) is 11.3 Å². The molecule has 0 atom stereocenters. The molecule has 0 bridgehead atoms. The van der Waals surface area contributed by atoms with Crippen molar-refractivity contribution in [3.63, 3.8) is 0 Å². The SMILES string of the molecule is CCOC(=O)c1cc(C)n(CC(=O)OCc2nc3ccccc3s2)c1C. The Morgan fingerprint density at radius 1 is 1.19 bits per heavy atom. The molecule has 0 radical (unpaired) electrons. The molecule has 0 spiro atoms. The van der Waals surface area contributed by atoms with Crippen molar-refractivity contribution < 1.29 is 19.1 Å². The van der Waals surface area contributed by atoms with Gasteiger partial charge in [0, 0.05) is 11.4 Å². The first-order chi connectivity index (χ1) is 12.5. The van der Waals surface area contributed by atoms with Gasteiger partial charge in [0.25, 0.3) is 0 Å². The van der Waals surface area contributed by atoms with Crippen molar-refractivity contribution in [1.82, 2.24) is 9.55 Å². The fourth-order valence-electron chi connectivity index (χ4n) is 2.76. The molecule has 1 aromatic carbocycles. The average molecular weight is 372 g/mol. The Morgan fingerprint density at radius 2 is 1.96 bits per heavy atom. The van der Waals surface area contributed by atoms with Crippen molar-refractivity contribution in [1.29, 1.82) is 0 Å². The summed E-state index contributed by atoms with van der Waals surface area (Å²) in [5.74, 6) is -0.754. The molecule has 0 aliphatic rings. The van der Waals surface area contributed by atoms with Crippen LogP contribution in [0.25, 0.3) is 10.2 Å². The van der Waals surface area contributed by atoms with E-state index in [-0.39, 0.29) is 25.1 Å². The van der Waals surface area contributed by atoms with Crippen LogP contribution in [0.5, 0.6) is 0 Å². The molecule has 0 aliphatic carbocycles. The van der Waals surface area contributed by atoms with E-state index in [0.717, 1.165) is 20.9 Å². The van der Waals surface area contributed by atoms with Crippen LogP contribution >= 0.6 is 11.3 Å². The van der Waals surface area contributed by atoms with E-state index >= 15 is 0 Å². The number of aromatic nitrogens is 2. The summed E-state index contributed by atoms with van der Waals surface area (Å²) in [5, 5.41) is 0.757. The highest BCUT2D eigenvalue weighted by atomic mass is 32.1. The minimum absolute atomic E-state index is 0.0436. The molecule has 7 heteroatoms. The van der Waals surface area contributed by atoms with Crippen LogP contribution in [0.2, 0.25) is 0 Å². The van der Waals surface area contributed by atoms with E-state index in [9.17, 15) is 9.59 Å². The Bertz CT molecular complexity index is 925. The van der Waals surface area contributed by atoms with Crippen LogP contribution in [-0.2, 0) is 27.4 Å². The second kappa shape index (κ2) is 7.70. The van der Waals surface area contributed by atoms with Crippen LogP contribution in [0.4, 0.5) is 0 Å². The number of thiazole rings is 1. The van der Waals surface area contributed by atoms with Gasteiger partial charge in [-0.05, 0) is 39.0 Å². The Morgan fingerprint density at radius 3 is 2.69 bits per heavy atom. The lowest BCUT2D eigenvalue weighted by molar-refractivity contribution is -0.145. The molecular formula is C19H20N2O4S. The number of hydrogen-bond acceptors (Lipinski definition) is 6. The molecule has 0 saturated carbocycles. The first-order valence-electron chi connectivity index (χ1n) is 8.33. The maximum atomic E-state index is 12.2. The van der Waals surface area contributed by atoms with Gasteiger partial charge in [-0.25, -0.2) is 9.78 Å². The smallest absolute Gasteiger partial charge is 0.339 e. The summed E-state index contributed by atoms with van der Waals surface area (Å²) in [6, 6.07) is 9.53. The summed E-state index contributed by atoms with van der Waals surface area (Å²) in [7, 11) is 0. The quantitative estimate of drug-likeness (QED) is 0.618. The highest BCUT2D eigenvalue weighted by Gasteiger charge is 2.18. The van der Waals surface area contributed by atoms with Gasteiger partial charge in [-0.15, -0.1) is 11.3 Å². The summed E-state index contributed by atoms with van der Waals surface area (Å²) in [6.07, 6.45) is 0. The molecule has 0 saturated heterocycles. The number of aryl methyl sites for hydroxylation is 1. The Hall–Kier alpha value is -2.67. The van der Waals surface area contributed by atoms with Crippen molar-refractivity contribution >= 4 is 33.5 Å². The topological polar surface area (TPSA) is 70.4 Å². The zero-order chi connectivity index (χ0) is 18.7. The Labute approximate surface area is 155 Å². The third-order valence-electron chi connectivity index (χ3n) is 4.05. The summed E-state index contributed by atoms with van der Waals surface area (Å²) in [4.78, 5) is 28.6. The third kappa shape index (κ3) is 3.77. The van der Waals surface area contributed by atoms with Gasteiger partial charge in [0.1, 0.15) is 18.2 Å². The van der Waals surface area contributed by atoms with Gasteiger partial charge in [-0.1, -0.05) is 12.1 Å². The summed E-state index contributed by atoms with van der Waals surface area (Å²) in [6.45, 7) is 5.89. The Balaban J connectivity index is 1.65. The van der Waals surface area contributed by atoms with Crippen LogP contribution in [0.15, 0.2) is 30.3 Å². The fourth-order valence-corrected chi connectivity index (χ4v) is 3.64. The molecule has 3 aromatic rings. The molecule has 0 fully saturated rings. The van der Waals surface area contributed by atoms with Gasteiger partial charge >= 0.3 is 11.9 Å². The molecular weight excluding hydrogens is 352 g/mol. The molecule has 0 N–H and O–H groups in total. The fraction of sp³-hybridized carbons (Fsp3) is 0.316. The lowest BCUT2D eigenvalue weighted by Gasteiger charge is -2.09. The molecule has 3 rings (SSSR count). The second-order valence-corrected chi connectivity index (χ2v) is 6.94. The van der Waals surface area contributed by atoms with Crippen molar-refractivity contribution in [3.8, 4) is 0 Å². The Kier molecular flexibility index (Phi) is 5.37. The predicted octanol–water partition coefficient (Wildman–Crippen LogP) is 3.63. The second-order valence-electron chi connectivity index (χ2n) is 5.83. The van der Waals surface area contributed by atoms with Crippen LogP contribution < -0.4 is 0 Å². The van der Waals surface area contributed by atoms with Gasteiger partial charge in [0.05, 0.1) is 22.4 Å². The molecule has 136 valence electrons. The van der Waals surface area contributed by atoms with Gasteiger partial charge in [-0.2, -0.15) is 0 Å². The number of esters is 2. The molecule has 0 unspecified atom stereocenters. The lowest BCUT2D eigenvalue weighted by atomic mass is 10.2. The number of carbonyl (C=O) groups excluding carboxylic acids is 2. The number of para-hydroxylation sites is 1. The number of benzene rings is 1. The highest BCUT2D eigenvalue weighted by molar-refractivity contribution is 7.18. The van der Waals surface area contributed by atoms with Crippen LogP contribution in [0, 0.1) is 13.8 Å². The third-order valence-corrected chi connectivity index (χ3v) is 5.06. The lowest BCUT2D eigenvalue weighted by Crippen LogP contribution is -2.16. The average Bonchev–Trinajstić information content (AvgIpc) is 3.16. The number of nitrogens with zero attached hydrogens (tertiary/aromatic N) is 2. The number of fused-ring (bicyclic) bond motifs is 1. The molecule has 26 heavy (non-hydrogen) atoms. The molecule has 0 aliphatic heterocycles. The minimum atomic E-state index is -0.380. The van der Waals surface area contributed by atoms with Gasteiger partial charge in [0.2, 0.25) is 0 Å². The van der Waals surface area contributed by atoms with Gasteiger partial charge in [0.15, 0.2) is 0 Å². The highest BCUT2D eigenvalue weighted by Crippen LogP contribution is 2.22. The zero-order valence-corrected chi connectivity index (χ0v) is 15.8. The zero-order valence-electron chi connectivity index (χ0n) is 14.9. The maximum absolute atomic E-state index is 12.2. The molecule has 2 aromatic heterocycles. The number of carbonyl (C=O) groups is 2. The van der Waals surface area contributed by atoms with E-state index in [1.54, 1.807) is 24.5 Å². The van der Waals surface area contributed by atoms with Crippen molar-refractivity contribution in [2.45, 2.75) is 33.9 Å². The van der Waals surface area contributed by atoms with Crippen LogP contribution in [-0.4, -0.2) is 28.1 Å². The van der Waals surface area contributed by atoms with E-state index in [2.05, 4.69) is 4.98 Å². The molecule has 0 amide bonds. The molecule has 2 heterocycles. The standard InChI is InChI=1S/C19H20N2O4S/c1-4-24-19(23)14-9-12(2)21(13(14)3)10-18(22)25-11-17-20-15-7-5-6-8-16(15)26-17/h5-9H,4,10-11H2,1-3H3. The monoisotopic (exact) mass is 372 g/mol. The number of ether oxygens (including phenoxy) is 2. The normalized spacial score (nSPS) is 10.9. The summed E-state index contributed by atoms with van der Waals surface area (Å²) < 4.78 is 13.2. The van der Waals surface area contributed by atoms with Gasteiger partial charge < -0.3 is 14.0 Å². The van der Waals surface area contributed by atoms with E-state index < -0.39 is 0 Å². The van der Waals surface area contributed by atoms with E-state index in [0.29, 0.717) is 17.9 Å². The van der Waals surface area contributed by atoms with Crippen LogP contribution in [0.3, 0.4) is 0 Å². The number of hydrogen-bond donors (Lipinski definition) is 0. The minimum Gasteiger partial charge on any atom is -0.462 e. The summed E-state index contributed by atoms with van der Waals surface area (Å²) >= 11 is 1.51. The van der Waals surface area contributed by atoms with E-state index in [1.807, 2.05) is 31.2 Å². The first kappa shape index (κ1) is 18.1. The maximum Gasteiger partial charge on any atom is 0.339 e. The van der Waals surface area contributed by atoms with Gasteiger partial charge in [-0.3, -0.25) is 4.79 Å². The first-order valence-corrected chi connectivity index (χ1v) is 9.15. The van der Waals surface area contributed by atoms with Crippen molar-refractivity contribution in [2.75, 3.05) is 6.61 Å².